The topological polar surface area (TPSA) is 86.7 Å². The average molecular weight is 337 g/mol. The molecule has 4 rings (SSSR count). The maximum atomic E-state index is 14.4. The van der Waals surface area contributed by atoms with Gasteiger partial charge in [0.05, 0.1) is 12.2 Å². The summed E-state index contributed by atoms with van der Waals surface area (Å²) in [5, 5.41) is 31.7. The highest BCUT2D eigenvalue weighted by atomic mass is 19.1. The number of rotatable bonds is 0. The molecule has 4 aliphatic carbocycles. The van der Waals surface area contributed by atoms with Crippen molar-refractivity contribution in [3.05, 3.63) is 24.0 Å². The van der Waals surface area contributed by atoms with Crippen LogP contribution < -0.4 is 5.73 Å². The number of hydrogen-bond acceptors (Lipinski definition) is 4. The van der Waals surface area contributed by atoms with Gasteiger partial charge in [-0.3, -0.25) is 0 Å². The lowest BCUT2D eigenvalue weighted by atomic mass is 9.45. The van der Waals surface area contributed by atoms with Crippen LogP contribution in [-0.4, -0.2) is 39.7 Å². The predicted octanol–water partition coefficient (Wildman–Crippen LogP) is 2.07. The maximum Gasteiger partial charge on any atom is 0.116 e. The SMILES string of the molecule is C[C@]12C=CC(O)=C[C@H]1C[C@H](O)[C@@H]1[C@@H]2[C@@H](O)C[C@]2(C)[C@@H](N)[C@H](F)C[C@@H]12. The third-order valence-electron chi connectivity index (χ3n) is 7.86. The van der Waals surface area contributed by atoms with Crippen LogP contribution in [0.5, 0.6) is 0 Å². The van der Waals surface area contributed by atoms with Crippen molar-refractivity contribution >= 4 is 0 Å². The molecule has 0 heterocycles. The lowest BCUT2D eigenvalue weighted by Crippen LogP contribution is -2.62. The largest absolute Gasteiger partial charge is 0.508 e. The van der Waals surface area contributed by atoms with E-state index in [9.17, 15) is 19.7 Å². The van der Waals surface area contributed by atoms with Crippen molar-refractivity contribution < 1.29 is 19.7 Å². The van der Waals surface area contributed by atoms with Gasteiger partial charge in [-0.2, -0.15) is 0 Å². The average Bonchev–Trinajstić information content (AvgIpc) is 2.72. The Labute approximate surface area is 142 Å². The van der Waals surface area contributed by atoms with E-state index >= 15 is 0 Å². The van der Waals surface area contributed by atoms with Crippen LogP contribution in [0.3, 0.4) is 0 Å². The van der Waals surface area contributed by atoms with E-state index < -0.39 is 29.8 Å². The Morgan fingerprint density at radius 2 is 1.92 bits per heavy atom. The Kier molecular flexibility index (Phi) is 3.49. The number of halogens is 1. The zero-order valence-electron chi connectivity index (χ0n) is 14.3. The smallest absolute Gasteiger partial charge is 0.116 e. The third-order valence-corrected chi connectivity index (χ3v) is 7.86. The predicted molar refractivity (Wildman–Crippen MR) is 88.8 cm³/mol. The highest BCUT2D eigenvalue weighted by Gasteiger charge is 2.65. The summed E-state index contributed by atoms with van der Waals surface area (Å²) >= 11 is 0. The molecule has 0 aliphatic heterocycles. The molecule has 0 aromatic rings. The van der Waals surface area contributed by atoms with Gasteiger partial charge in [0.2, 0.25) is 0 Å². The van der Waals surface area contributed by atoms with E-state index in [0.717, 1.165) is 0 Å². The number of alkyl halides is 1. The van der Waals surface area contributed by atoms with Crippen molar-refractivity contribution in [2.45, 2.75) is 57.5 Å². The number of allylic oxidation sites excluding steroid dienone is 3. The van der Waals surface area contributed by atoms with Crippen molar-refractivity contribution in [2.24, 2.45) is 40.2 Å². The fraction of sp³-hybridized carbons (Fsp3) is 0.789. The first-order valence-electron chi connectivity index (χ1n) is 9.04. The van der Waals surface area contributed by atoms with E-state index in [4.69, 9.17) is 5.73 Å². The summed E-state index contributed by atoms with van der Waals surface area (Å²) in [7, 11) is 0. The summed E-state index contributed by atoms with van der Waals surface area (Å²) in [5.41, 5.74) is 5.35. The molecule has 5 heteroatoms. The zero-order valence-corrected chi connectivity index (χ0v) is 14.3. The van der Waals surface area contributed by atoms with Crippen LogP contribution in [-0.2, 0) is 0 Å². The molecule has 0 unspecified atom stereocenters. The second-order valence-electron chi connectivity index (χ2n) is 8.96. The van der Waals surface area contributed by atoms with Gasteiger partial charge in [0.15, 0.2) is 0 Å². The second kappa shape index (κ2) is 5.05. The highest BCUT2D eigenvalue weighted by Crippen LogP contribution is 2.64. The molecular formula is C19H28FNO3. The quantitative estimate of drug-likeness (QED) is 0.545. The van der Waals surface area contributed by atoms with Crippen molar-refractivity contribution in [1.82, 2.24) is 0 Å². The second-order valence-corrected chi connectivity index (χ2v) is 8.96. The summed E-state index contributed by atoms with van der Waals surface area (Å²) in [6.07, 6.45) is 4.50. The number of aliphatic hydroxyl groups is 3. The van der Waals surface area contributed by atoms with Crippen molar-refractivity contribution in [1.29, 1.82) is 0 Å². The minimum atomic E-state index is -1.07. The fourth-order valence-electron chi connectivity index (χ4n) is 6.55. The van der Waals surface area contributed by atoms with E-state index in [2.05, 4.69) is 6.92 Å². The Hall–Kier alpha value is -0.910. The molecule has 0 bridgehead atoms. The van der Waals surface area contributed by atoms with Crippen LogP contribution in [0, 0.1) is 34.5 Å². The van der Waals surface area contributed by atoms with Crippen LogP contribution in [0.4, 0.5) is 4.39 Å². The Morgan fingerprint density at radius 1 is 1.21 bits per heavy atom. The van der Waals surface area contributed by atoms with Crippen molar-refractivity contribution in [3.8, 4) is 0 Å². The van der Waals surface area contributed by atoms with Gasteiger partial charge in [0.25, 0.3) is 0 Å². The summed E-state index contributed by atoms with van der Waals surface area (Å²) in [6.45, 7) is 4.07. The number of aliphatic hydroxyl groups excluding tert-OH is 3. The maximum absolute atomic E-state index is 14.4. The molecule has 5 N–H and O–H groups in total. The van der Waals surface area contributed by atoms with E-state index in [1.165, 1.54) is 0 Å². The van der Waals surface area contributed by atoms with E-state index in [0.29, 0.717) is 19.3 Å². The Bertz CT molecular complexity index is 607. The Balaban J connectivity index is 1.78. The molecule has 24 heavy (non-hydrogen) atoms. The normalized spacial score (nSPS) is 59.3. The number of hydrogen-bond donors (Lipinski definition) is 4. The van der Waals surface area contributed by atoms with Gasteiger partial charge in [-0.05, 0) is 65.9 Å². The molecule has 3 saturated carbocycles. The highest BCUT2D eigenvalue weighted by molar-refractivity contribution is 5.29. The van der Waals surface area contributed by atoms with Gasteiger partial charge in [-0.25, -0.2) is 4.39 Å². The van der Waals surface area contributed by atoms with Crippen LogP contribution in [0.15, 0.2) is 24.0 Å². The van der Waals surface area contributed by atoms with Gasteiger partial charge in [0, 0.05) is 6.04 Å². The minimum Gasteiger partial charge on any atom is -0.508 e. The van der Waals surface area contributed by atoms with Crippen LogP contribution in [0.1, 0.15) is 33.1 Å². The van der Waals surface area contributed by atoms with Crippen molar-refractivity contribution in [2.75, 3.05) is 0 Å². The molecule has 10 atom stereocenters. The van der Waals surface area contributed by atoms with Gasteiger partial charge in [-0.15, -0.1) is 0 Å². The minimum absolute atomic E-state index is 0.0171. The number of fused-ring (bicyclic) bond motifs is 5. The Morgan fingerprint density at radius 3 is 2.62 bits per heavy atom. The summed E-state index contributed by atoms with van der Waals surface area (Å²) < 4.78 is 14.4. The molecular weight excluding hydrogens is 309 g/mol. The third kappa shape index (κ3) is 1.95. The molecule has 0 aromatic heterocycles. The first-order chi connectivity index (χ1) is 11.2. The molecule has 0 spiro atoms. The van der Waals surface area contributed by atoms with Gasteiger partial charge in [-0.1, -0.05) is 19.9 Å². The zero-order chi connectivity index (χ0) is 17.4. The van der Waals surface area contributed by atoms with Crippen LogP contribution >= 0.6 is 0 Å². The molecule has 0 radical (unpaired) electrons. The van der Waals surface area contributed by atoms with E-state index in [-0.39, 0.29) is 34.8 Å². The van der Waals surface area contributed by atoms with Crippen LogP contribution in [0.25, 0.3) is 0 Å². The fourth-order valence-corrected chi connectivity index (χ4v) is 6.55. The first-order valence-corrected chi connectivity index (χ1v) is 9.04. The van der Waals surface area contributed by atoms with E-state index in [1.54, 1.807) is 12.2 Å². The summed E-state index contributed by atoms with van der Waals surface area (Å²) in [4.78, 5) is 0. The van der Waals surface area contributed by atoms with E-state index in [1.807, 2.05) is 13.0 Å². The molecule has 134 valence electrons. The summed E-state index contributed by atoms with van der Waals surface area (Å²) in [5.74, 6) is -0.136. The van der Waals surface area contributed by atoms with Gasteiger partial charge >= 0.3 is 0 Å². The number of nitrogens with two attached hydrogens (primary N) is 1. The molecule has 0 aromatic carbocycles. The molecule has 0 amide bonds. The summed E-state index contributed by atoms with van der Waals surface area (Å²) in [6, 6.07) is -0.582. The lowest BCUT2D eigenvalue weighted by molar-refractivity contribution is -0.173. The molecule has 4 aliphatic rings. The molecule has 3 fully saturated rings. The van der Waals surface area contributed by atoms with Gasteiger partial charge < -0.3 is 21.1 Å². The monoisotopic (exact) mass is 337 g/mol. The van der Waals surface area contributed by atoms with Crippen molar-refractivity contribution in [3.63, 3.8) is 0 Å². The molecule has 0 saturated heterocycles. The molecule has 4 nitrogen and oxygen atoms in total. The van der Waals surface area contributed by atoms with Gasteiger partial charge in [0.1, 0.15) is 11.9 Å². The first kappa shape index (κ1) is 16.6. The standard InChI is InChI=1S/C19H28FNO3/c1-18-4-3-10(22)5-9(18)6-13(23)15-11-7-12(20)17(21)19(11,2)8-14(24)16(15)18/h3-5,9,11-17,22-24H,6-8,21H2,1-2H3/t9-,11-,12+,13-,14-,15+,16-,17-,18-,19-/m0/s1. The van der Waals surface area contributed by atoms with Crippen LogP contribution in [0.2, 0.25) is 0 Å². The lowest BCUT2D eigenvalue weighted by Gasteiger charge is -2.61.